The molecule has 5 rings (SSSR count). The maximum atomic E-state index is 13.7. The number of benzene rings is 2. The van der Waals surface area contributed by atoms with E-state index in [2.05, 4.69) is 39.6 Å². The highest BCUT2D eigenvalue weighted by molar-refractivity contribution is 5.89. The van der Waals surface area contributed by atoms with Gasteiger partial charge in [-0.15, -0.1) is 0 Å². The first-order valence-corrected chi connectivity index (χ1v) is 14.1. The smallest absolute Gasteiger partial charge is 0.419 e. The molecule has 2 aromatic carbocycles. The number of anilines is 1. The number of hydrogen-bond donors (Lipinski definition) is 2. The molecule has 2 aliphatic heterocycles. The van der Waals surface area contributed by atoms with E-state index in [4.69, 9.17) is 9.47 Å². The number of nitrogens with one attached hydrogen (secondary N) is 2. The molecule has 2 N–H and O–H groups in total. The van der Waals surface area contributed by atoms with Crippen molar-refractivity contribution in [3.63, 3.8) is 0 Å². The van der Waals surface area contributed by atoms with Gasteiger partial charge < -0.3 is 25.0 Å². The van der Waals surface area contributed by atoms with Crippen molar-refractivity contribution in [3.05, 3.63) is 53.3 Å². The summed E-state index contributed by atoms with van der Waals surface area (Å²) in [6, 6.07) is 8.49. The fourth-order valence-electron chi connectivity index (χ4n) is 7.13. The predicted octanol–water partition coefficient (Wildman–Crippen LogP) is 5.64. The third-order valence-electron chi connectivity index (χ3n) is 9.28. The Balaban J connectivity index is 1.36. The number of amides is 2. The van der Waals surface area contributed by atoms with Gasteiger partial charge in [0.05, 0.1) is 19.8 Å². The molecule has 0 unspecified atom stereocenters. The Hall–Kier alpha value is -3.05. The fourth-order valence-corrected chi connectivity index (χ4v) is 7.13. The van der Waals surface area contributed by atoms with E-state index >= 15 is 0 Å². The van der Waals surface area contributed by atoms with Gasteiger partial charge in [-0.3, -0.25) is 4.90 Å². The largest absolute Gasteiger partial charge is 0.493 e. The van der Waals surface area contributed by atoms with Gasteiger partial charge >= 0.3 is 12.2 Å². The third-order valence-corrected chi connectivity index (χ3v) is 9.28. The van der Waals surface area contributed by atoms with E-state index in [-0.39, 0.29) is 23.2 Å². The molecule has 2 aromatic rings. The molecule has 0 bridgehead atoms. The number of methoxy groups -OCH3 is 2. The minimum Gasteiger partial charge on any atom is -0.493 e. The molecule has 224 valence electrons. The van der Waals surface area contributed by atoms with Crippen LogP contribution in [0.2, 0.25) is 0 Å². The van der Waals surface area contributed by atoms with Crippen LogP contribution in [0.25, 0.3) is 0 Å². The van der Waals surface area contributed by atoms with Crippen LogP contribution in [-0.4, -0.2) is 74.9 Å². The maximum Gasteiger partial charge on any atom is 0.419 e. The zero-order valence-electron chi connectivity index (χ0n) is 23.7. The number of piperidine rings is 1. The summed E-state index contributed by atoms with van der Waals surface area (Å²) in [5.41, 5.74) is -0.437. The molecule has 7 nitrogen and oxygen atoms in total. The first-order valence-electron chi connectivity index (χ1n) is 14.1. The summed E-state index contributed by atoms with van der Waals surface area (Å²) in [4.78, 5) is 17.9. The molecule has 11 heteroatoms. The molecular weight excluding hydrogens is 540 g/mol. The van der Waals surface area contributed by atoms with Crippen molar-refractivity contribution in [3.8, 4) is 11.5 Å². The summed E-state index contributed by atoms with van der Waals surface area (Å²) in [7, 11) is 5.40. The van der Waals surface area contributed by atoms with Crippen molar-refractivity contribution in [2.24, 2.45) is 0 Å². The second-order valence-electron chi connectivity index (χ2n) is 11.5. The number of rotatable bonds is 6. The molecule has 1 aliphatic carbocycles. The zero-order valence-corrected chi connectivity index (χ0v) is 23.7. The van der Waals surface area contributed by atoms with Crippen LogP contribution in [0, 0.1) is 5.82 Å². The summed E-state index contributed by atoms with van der Waals surface area (Å²) < 4.78 is 64.3. The Labute approximate surface area is 238 Å². The minimum absolute atomic E-state index is 0.111. The van der Waals surface area contributed by atoms with Crippen LogP contribution < -0.4 is 20.1 Å². The van der Waals surface area contributed by atoms with Crippen LogP contribution in [0.4, 0.5) is 28.0 Å². The highest BCUT2D eigenvalue weighted by atomic mass is 19.4. The number of hydrogen-bond acceptors (Lipinski definition) is 5. The number of halogens is 4. The second-order valence-corrected chi connectivity index (χ2v) is 11.5. The summed E-state index contributed by atoms with van der Waals surface area (Å²) in [5, 5.41) is 5.46. The van der Waals surface area contributed by atoms with Crippen LogP contribution in [0.1, 0.15) is 49.7 Å². The molecule has 0 aromatic heterocycles. The standard InChI is InChI=1S/C30H38F4N4O3/c1-37-13-9-22(10-14-37)38-15-12-29(19-4-7-25(40-2)26(16-19)41-3)11-8-21(18-27(29)38)36-28(39)35-20-5-6-24(31)23(17-20)30(32,33)34/h4-7,16-17,21-22,27H,8-15,18H2,1-3H3,(H2,35,36,39)/t21-,27+,29+/m1/s1. The average Bonchev–Trinajstić information content (AvgIpc) is 3.33. The van der Waals surface area contributed by atoms with Crippen LogP contribution in [0.5, 0.6) is 11.5 Å². The van der Waals surface area contributed by atoms with Crippen molar-refractivity contribution in [2.45, 2.75) is 68.2 Å². The number of urea groups is 1. The SMILES string of the molecule is COc1ccc([C@@]23CC[C@@H](NC(=O)Nc4ccc(F)c(C(F)(F)F)c4)C[C@@H]2N(C2CCN(C)CC2)CC3)cc1OC. The van der Waals surface area contributed by atoms with Crippen LogP contribution in [0.3, 0.4) is 0 Å². The Morgan fingerprint density at radius 2 is 1.71 bits per heavy atom. The summed E-state index contributed by atoms with van der Waals surface area (Å²) in [6.07, 6.45) is 0.584. The summed E-state index contributed by atoms with van der Waals surface area (Å²) >= 11 is 0. The molecule has 41 heavy (non-hydrogen) atoms. The van der Waals surface area contributed by atoms with E-state index in [1.54, 1.807) is 14.2 Å². The fraction of sp³-hybridized carbons (Fsp3) is 0.567. The van der Waals surface area contributed by atoms with E-state index in [9.17, 15) is 22.4 Å². The van der Waals surface area contributed by atoms with Gasteiger partial charge in [-0.2, -0.15) is 13.2 Å². The lowest BCUT2D eigenvalue weighted by atomic mass is 9.65. The second kappa shape index (κ2) is 11.7. The Kier molecular flexibility index (Phi) is 8.39. The van der Waals surface area contributed by atoms with Gasteiger partial charge in [0.25, 0.3) is 0 Å². The quantitative estimate of drug-likeness (QED) is 0.435. The third kappa shape index (κ3) is 5.97. The van der Waals surface area contributed by atoms with E-state index in [0.29, 0.717) is 36.1 Å². The van der Waals surface area contributed by atoms with Crippen LogP contribution in [-0.2, 0) is 11.6 Å². The summed E-state index contributed by atoms with van der Waals surface area (Å²) in [5.74, 6) is -0.0126. The monoisotopic (exact) mass is 578 g/mol. The highest BCUT2D eigenvalue weighted by Crippen LogP contribution is 2.51. The lowest BCUT2D eigenvalue weighted by molar-refractivity contribution is -0.139. The molecule has 0 spiro atoms. The molecule has 2 amide bonds. The van der Waals surface area contributed by atoms with E-state index in [1.807, 2.05) is 6.07 Å². The van der Waals surface area contributed by atoms with Gasteiger partial charge in [-0.25, -0.2) is 9.18 Å². The Morgan fingerprint density at radius 3 is 2.39 bits per heavy atom. The van der Waals surface area contributed by atoms with Crippen molar-refractivity contribution >= 4 is 11.7 Å². The zero-order chi connectivity index (χ0) is 29.4. The molecular formula is C30H38F4N4O3. The van der Waals surface area contributed by atoms with Crippen molar-refractivity contribution in [1.29, 1.82) is 0 Å². The first kappa shape index (κ1) is 29.4. The van der Waals surface area contributed by atoms with Gasteiger partial charge in [-0.1, -0.05) is 6.07 Å². The number of nitrogens with zero attached hydrogens (tertiary/aromatic N) is 2. The Morgan fingerprint density at radius 1 is 0.976 bits per heavy atom. The van der Waals surface area contributed by atoms with Gasteiger partial charge in [0.1, 0.15) is 5.82 Å². The lowest BCUT2D eigenvalue weighted by Gasteiger charge is -2.48. The van der Waals surface area contributed by atoms with E-state index in [0.717, 1.165) is 57.8 Å². The van der Waals surface area contributed by atoms with Crippen molar-refractivity contribution in [2.75, 3.05) is 46.2 Å². The van der Waals surface area contributed by atoms with Gasteiger partial charge in [0.2, 0.25) is 0 Å². The average molecular weight is 579 g/mol. The number of carbonyl (C=O) groups excluding carboxylic acids is 1. The molecule has 3 atom stereocenters. The van der Waals surface area contributed by atoms with Crippen molar-refractivity contribution < 1.29 is 31.8 Å². The van der Waals surface area contributed by atoms with E-state index in [1.165, 1.54) is 5.56 Å². The van der Waals surface area contributed by atoms with Gasteiger partial charge in [0, 0.05) is 29.2 Å². The Bertz CT molecular complexity index is 1250. The topological polar surface area (TPSA) is 66.1 Å². The van der Waals surface area contributed by atoms with Crippen LogP contribution in [0.15, 0.2) is 36.4 Å². The molecule has 0 radical (unpaired) electrons. The predicted molar refractivity (Wildman–Crippen MR) is 148 cm³/mol. The van der Waals surface area contributed by atoms with Crippen molar-refractivity contribution in [1.82, 2.24) is 15.1 Å². The van der Waals surface area contributed by atoms with Crippen LogP contribution >= 0.6 is 0 Å². The van der Waals surface area contributed by atoms with Gasteiger partial charge in [0.15, 0.2) is 11.5 Å². The summed E-state index contributed by atoms with van der Waals surface area (Å²) in [6.45, 7) is 3.04. The number of alkyl halides is 3. The molecule has 3 fully saturated rings. The lowest BCUT2D eigenvalue weighted by Crippen LogP contribution is -2.56. The number of ether oxygens (including phenoxy) is 2. The van der Waals surface area contributed by atoms with Gasteiger partial charge in [-0.05, 0) is 101 Å². The first-order chi connectivity index (χ1) is 19.5. The maximum absolute atomic E-state index is 13.7. The molecule has 2 saturated heterocycles. The number of carbonyl (C=O) groups is 1. The highest BCUT2D eigenvalue weighted by Gasteiger charge is 2.53. The normalized spacial score (nSPS) is 25.9. The molecule has 1 saturated carbocycles. The minimum atomic E-state index is -4.85. The van der Waals surface area contributed by atoms with E-state index < -0.39 is 23.6 Å². The molecule has 3 aliphatic rings. The molecule has 2 heterocycles. The number of fused-ring (bicyclic) bond motifs is 1. The number of likely N-dealkylation sites (tertiary alicyclic amines) is 2.